The van der Waals surface area contributed by atoms with Gasteiger partial charge in [-0.15, -0.1) is 0 Å². The smallest absolute Gasteiger partial charge is 0.308 e. The minimum Gasteiger partial charge on any atom is -0.508 e. The molecule has 15 nitrogen and oxygen atoms in total. The van der Waals surface area contributed by atoms with Crippen LogP contribution < -0.4 is 33.0 Å². The van der Waals surface area contributed by atoms with Crippen molar-refractivity contribution < 1.29 is 38.6 Å². The molecule has 1 fully saturated rings. The Morgan fingerprint density at radius 3 is 2.08 bits per heavy atom. The number of ether oxygens (including phenoxy) is 1. The number of amides is 5. The number of nitrogens with two attached hydrogens (primary N) is 2. The Hall–Kier alpha value is -4.24. The number of benzene rings is 1. The van der Waals surface area contributed by atoms with Crippen LogP contribution in [0, 0.1) is 11.8 Å². The molecule has 0 unspecified atom stereocenters. The Labute approximate surface area is 282 Å². The van der Waals surface area contributed by atoms with E-state index in [1.54, 1.807) is 46.8 Å². The number of nitrogens with zero attached hydrogens (tertiary/aromatic N) is 1. The Morgan fingerprint density at radius 1 is 0.938 bits per heavy atom. The SMILES string of the molecule is CC(C)C[C@H](NC(=O)[C@H](NC(=O)[C@@H]1CCCN1C(=O)[C@@H](CC(=O)OC(C)(C)C)NC(=O)[C@H](N)Cc1ccc(O)cc1)C(C)C)C(=O)NN. The number of nitrogens with one attached hydrogen (secondary N) is 4. The van der Waals surface area contributed by atoms with Crippen LogP contribution in [0.5, 0.6) is 5.75 Å². The largest absolute Gasteiger partial charge is 0.508 e. The lowest BCUT2D eigenvalue weighted by Gasteiger charge is -2.31. The number of hydrogen-bond donors (Lipinski definition) is 7. The minimum atomic E-state index is -1.39. The molecule has 5 amide bonds. The standard InChI is InChI=1S/C33H53N7O8/c1-18(2)15-23(29(44)39-35)36-31(46)27(19(3)4)38-30(45)25-9-8-14-40(25)32(47)24(17-26(42)48-33(5,6)7)37-28(43)22(34)16-20-10-12-21(41)13-11-20/h10-13,18-19,22-25,27,41H,8-9,14-17,34-35H2,1-7H3,(H,36,46)(H,37,43)(H,38,45)(H,39,44)/t22-,23+,24-,25+,27-/m1/s1. The maximum absolute atomic E-state index is 13.9. The Kier molecular flexibility index (Phi) is 14.8. The van der Waals surface area contributed by atoms with E-state index in [1.165, 1.54) is 17.0 Å². The van der Waals surface area contributed by atoms with Gasteiger partial charge < -0.3 is 36.4 Å². The molecule has 268 valence electrons. The van der Waals surface area contributed by atoms with Crippen molar-refractivity contribution in [1.29, 1.82) is 0 Å². The molecule has 15 heteroatoms. The maximum atomic E-state index is 13.9. The molecular weight excluding hydrogens is 622 g/mol. The first-order chi connectivity index (χ1) is 22.3. The lowest BCUT2D eigenvalue weighted by molar-refractivity contribution is -0.157. The van der Waals surface area contributed by atoms with Crippen LogP contribution in [0.25, 0.3) is 0 Å². The molecule has 9 N–H and O–H groups in total. The van der Waals surface area contributed by atoms with Gasteiger partial charge in [-0.3, -0.25) is 34.2 Å². The summed E-state index contributed by atoms with van der Waals surface area (Å²) in [5, 5.41) is 17.5. The maximum Gasteiger partial charge on any atom is 0.308 e. The number of phenolic OH excluding ortho intramolecular Hbond substituents is 1. The molecule has 1 aromatic carbocycles. The van der Waals surface area contributed by atoms with Gasteiger partial charge in [-0.25, -0.2) is 5.84 Å². The van der Waals surface area contributed by atoms with E-state index in [-0.39, 0.29) is 37.0 Å². The van der Waals surface area contributed by atoms with E-state index in [0.717, 1.165) is 0 Å². The minimum absolute atomic E-state index is 0.0543. The Morgan fingerprint density at radius 2 is 1.54 bits per heavy atom. The van der Waals surface area contributed by atoms with E-state index < -0.39 is 77.7 Å². The van der Waals surface area contributed by atoms with Crippen molar-refractivity contribution in [1.82, 2.24) is 26.3 Å². The number of hydrogen-bond acceptors (Lipinski definition) is 10. The highest BCUT2D eigenvalue weighted by molar-refractivity contribution is 5.97. The van der Waals surface area contributed by atoms with Crippen LogP contribution in [0.4, 0.5) is 0 Å². The van der Waals surface area contributed by atoms with Crippen molar-refractivity contribution in [2.75, 3.05) is 6.54 Å². The number of phenols is 1. The quantitative estimate of drug-likeness (QED) is 0.0574. The van der Waals surface area contributed by atoms with Gasteiger partial charge in [0.25, 0.3) is 5.91 Å². The fraction of sp³-hybridized carbons (Fsp3) is 0.636. The Balaban J connectivity index is 2.25. The van der Waals surface area contributed by atoms with Crippen LogP contribution in [0.15, 0.2) is 24.3 Å². The van der Waals surface area contributed by atoms with Crippen molar-refractivity contribution >= 4 is 35.5 Å². The summed E-state index contributed by atoms with van der Waals surface area (Å²) in [4.78, 5) is 80.5. The van der Waals surface area contributed by atoms with E-state index in [4.69, 9.17) is 16.3 Å². The topological polar surface area (TPSA) is 235 Å². The predicted octanol–water partition coefficient (Wildman–Crippen LogP) is 0.131. The molecule has 0 aliphatic carbocycles. The lowest BCUT2D eigenvalue weighted by atomic mass is 9.99. The average Bonchev–Trinajstić information content (AvgIpc) is 3.48. The summed E-state index contributed by atoms with van der Waals surface area (Å²) in [7, 11) is 0. The van der Waals surface area contributed by atoms with Crippen LogP contribution in [-0.4, -0.2) is 87.9 Å². The summed E-state index contributed by atoms with van der Waals surface area (Å²) in [6.45, 7) is 12.4. The van der Waals surface area contributed by atoms with Gasteiger partial charge in [-0.1, -0.05) is 39.8 Å². The molecule has 0 spiro atoms. The normalized spacial score (nSPS) is 17.2. The number of aromatic hydroxyl groups is 1. The molecule has 2 rings (SSSR count). The van der Waals surface area contributed by atoms with Crippen molar-refractivity contribution in [3.63, 3.8) is 0 Å². The lowest BCUT2D eigenvalue weighted by Crippen LogP contribution is -2.60. The molecule has 1 aliphatic rings. The van der Waals surface area contributed by atoms with Crippen LogP contribution in [0.2, 0.25) is 0 Å². The van der Waals surface area contributed by atoms with Crippen molar-refractivity contribution in [3.8, 4) is 5.75 Å². The molecule has 1 aliphatic heterocycles. The molecule has 1 saturated heterocycles. The second kappa shape index (κ2) is 17.8. The third kappa shape index (κ3) is 12.4. The highest BCUT2D eigenvalue weighted by Crippen LogP contribution is 2.21. The van der Waals surface area contributed by atoms with E-state index >= 15 is 0 Å². The van der Waals surface area contributed by atoms with E-state index in [2.05, 4.69) is 21.4 Å². The van der Waals surface area contributed by atoms with E-state index in [0.29, 0.717) is 18.4 Å². The second-order valence-electron chi connectivity index (χ2n) is 13.9. The second-order valence-corrected chi connectivity index (χ2v) is 13.9. The molecule has 0 bridgehead atoms. The average molecular weight is 676 g/mol. The molecule has 1 aromatic rings. The summed E-state index contributed by atoms with van der Waals surface area (Å²) in [5.41, 5.74) is 8.02. The van der Waals surface area contributed by atoms with Crippen LogP contribution in [-0.2, 0) is 39.9 Å². The zero-order chi connectivity index (χ0) is 36.3. The fourth-order valence-corrected chi connectivity index (χ4v) is 5.36. The molecule has 48 heavy (non-hydrogen) atoms. The number of esters is 1. The first-order valence-electron chi connectivity index (χ1n) is 16.3. The predicted molar refractivity (Wildman–Crippen MR) is 177 cm³/mol. The van der Waals surface area contributed by atoms with Gasteiger partial charge >= 0.3 is 5.97 Å². The van der Waals surface area contributed by atoms with Crippen molar-refractivity contribution in [2.24, 2.45) is 23.4 Å². The number of carbonyl (C=O) groups is 6. The fourth-order valence-electron chi connectivity index (χ4n) is 5.36. The van der Waals surface area contributed by atoms with Gasteiger partial charge in [0, 0.05) is 6.54 Å². The highest BCUT2D eigenvalue weighted by Gasteiger charge is 2.41. The molecule has 0 saturated carbocycles. The van der Waals surface area contributed by atoms with Crippen LogP contribution in [0.1, 0.15) is 79.7 Å². The van der Waals surface area contributed by atoms with E-state index in [1.807, 2.05) is 13.8 Å². The highest BCUT2D eigenvalue weighted by atomic mass is 16.6. The number of rotatable bonds is 15. The van der Waals surface area contributed by atoms with Gasteiger partial charge in [-0.2, -0.15) is 0 Å². The van der Waals surface area contributed by atoms with Crippen molar-refractivity contribution in [3.05, 3.63) is 29.8 Å². The number of likely N-dealkylation sites (tertiary alicyclic amines) is 1. The Bertz CT molecular complexity index is 1300. The third-order valence-electron chi connectivity index (χ3n) is 7.70. The molecule has 5 atom stereocenters. The van der Waals surface area contributed by atoms with Crippen LogP contribution in [0.3, 0.4) is 0 Å². The first-order valence-corrected chi connectivity index (χ1v) is 16.3. The van der Waals surface area contributed by atoms with Gasteiger partial charge in [0.05, 0.1) is 12.5 Å². The van der Waals surface area contributed by atoms with Gasteiger partial charge in [0.1, 0.15) is 35.5 Å². The van der Waals surface area contributed by atoms with Gasteiger partial charge in [0.15, 0.2) is 0 Å². The van der Waals surface area contributed by atoms with Gasteiger partial charge in [-0.05, 0) is 76.0 Å². The third-order valence-corrected chi connectivity index (χ3v) is 7.70. The monoisotopic (exact) mass is 675 g/mol. The number of carbonyl (C=O) groups excluding carboxylic acids is 6. The van der Waals surface area contributed by atoms with Gasteiger partial charge in [0.2, 0.25) is 23.6 Å². The summed E-state index contributed by atoms with van der Waals surface area (Å²) in [6.07, 6.45) is 0.654. The molecule has 1 heterocycles. The van der Waals surface area contributed by atoms with Crippen LogP contribution >= 0.6 is 0 Å². The molecule has 0 radical (unpaired) electrons. The molecule has 0 aromatic heterocycles. The summed E-state index contributed by atoms with van der Waals surface area (Å²) >= 11 is 0. The summed E-state index contributed by atoms with van der Waals surface area (Å²) in [5.74, 6) is 1.20. The van der Waals surface area contributed by atoms with Crippen molar-refractivity contribution in [2.45, 2.75) is 116 Å². The number of hydrazine groups is 1. The zero-order valence-electron chi connectivity index (χ0n) is 29.0. The summed E-state index contributed by atoms with van der Waals surface area (Å²) < 4.78 is 5.41. The summed E-state index contributed by atoms with van der Waals surface area (Å²) in [6, 6.07) is 0.726. The zero-order valence-corrected chi connectivity index (χ0v) is 29.0. The first kappa shape index (κ1) is 39.9. The van der Waals surface area contributed by atoms with E-state index in [9.17, 15) is 33.9 Å². The molecular formula is C33H53N7O8.